The predicted molar refractivity (Wildman–Crippen MR) is 123 cm³/mol. The maximum atomic E-state index is 13.1. The lowest BCUT2D eigenvalue weighted by atomic mass is 9.80. The summed E-state index contributed by atoms with van der Waals surface area (Å²) in [6, 6.07) is 22.4. The van der Waals surface area contributed by atoms with E-state index in [1.54, 1.807) is 12.1 Å². The van der Waals surface area contributed by atoms with Crippen molar-refractivity contribution in [1.82, 2.24) is 0 Å². The van der Waals surface area contributed by atoms with Crippen molar-refractivity contribution in [2.24, 2.45) is 0 Å². The van der Waals surface area contributed by atoms with Gasteiger partial charge in [-0.2, -0.15) is 13.2 Å². The van der Waals surface area contributed by atoms with Crippen molar-refractivity contribution < 1.29 is 13.2 Å². The summed E-state index contributed by atoms with van der Waals surface area (Å²) in [6.07, 6.45) is -4.34. The van der Waals surface area contributed by atoms with Gasteiger partial charge in [0.25, 0.3) is 0 Å². The van der Waals surface area contributed by atoms with Crippen molar-refractivity contribution in [2.45, 2.75) is 64.5 Å². The first kappa shape index (κ1) is 23.1. The van der Waals surface area contributed by atoms with Crippen LogP contribution in [0, 0.1) is 0 Å². The van der Waals surface area contributed by atoms with Gasteiger partial charge in [-0.05, 0) is 50.8 Å². The average Bonchev–Trinajstić information content (AvgIpc) is 2.67. The van der Waals surface area contributed by atoms with E-state index in [-0.39, 0.29) is 16.7 Å². The Labute approximate surface area is 184 Å². The molecule has 3 aromatic carbocycles. The van der Waals surface area contributed by atoms with Crippen molar-refractivity contribution in [1.29, 1.82) is 0 Å². The van der Waals surface area contributed by atoms with Gasteiger partial charge in [-0.3, -0.25) is 0 Å². The number of halogens is 3. The van der Waals surface area contributed by atoms with Crippen molar-refractivity contribution in [3.8, 4) is 0 Å². The lowest BCUT2D eigenvalue weighted by Gasteiger charge is -2.24. The van der Waals surface area contributed by atoms with Crippen molar-refractivity contribution in [2.75, 3.05) is 0 Å². The summed E-state index contributed by atoms with van der Waals surface area (Å²) in [4.78, 5) is 0. The minimum absolute atomic E-state index is 0.0384. The van der Waals surface area contributed by atoms with Crippen LogP contribution in [0.4, 0.5) is 13.2 Å². The van der Waals surface area contributed by atoms with Crippen LogP contribution in [-0.2, 0) is 17.0 Å². The quantitative estimate of drug-likeness (QED) is 0.370. The molecule has 0 heterocycles. The second-order valence-corrected chi connectivity index (χ2v) is 10.3. The molecule has 0 aromatic heterocycles. The minimum Gasteiger partial charge on any atom is -0.166 e. The molecular weight excluding hydrogens is 393 g/mol. The van der Waals surface area contributed by atoms with Crippen LogP contribution >= 0.6 is 0 Å². The van der Waals surface area contributed by atoms with Gasteiger partial charge >= 0.3 is 6.18 Å². The predicted octanol–water partition coefficient (Wildman–Crippen LogP) is 8.48. The van der Waals surface area contributed by atoms with Gasteiger partial charge in [0.1, 0.15) is 0 Å². The van der Waals surface area contributed by atoms with Crippen LogP contribution in [0.5, 0.6) is 0 Å². The van der Waals surface area contributed by atoms with Crippen molar-refractivity contribution in [3.63, 3.8) is 0 Å². The lowest BCUT2D eigenvalue weighted by molar-refractivity contribution is -0.137. The lowest BCUT2D eigenvalue weighted by Crippen LogP contribution is -2.13. The second-order valence-electron chi connectivity index (χ2n) is 10.3. The van der Waals surface area contributed by atoms with E-state index in [0.29, 0.717) is 0 Å². The molecule has 0 atom stereocenters. The number of rotatable bonds is 3. The molecule has 0 aliphatic heterocycles. The molecule has 0 saturated heterocycles. The van der Waals surface area contributed by atoms with Crippen LogP contribution in [0.25, 0.3) is 0 Å². The summed E-state index contributed by atoms with van der Waals surface area (Å²) in [5.74, 6) is -0.134. The molecule has 0 bridgehead atoms. The average molecular weight is 425 g/mol. The summed E-state index contributed by atoms with van der Waals surface area (Å²) in [6.45, 7) is 13.0. The van der Waals surface area contributed by atoms with Crippen LogP contribution in [0.3, 0.4) is 0 Å². The first-order valence-electron chi connectivity index (χ1n) is 10.6. The number of hydrogen-bond donors (Lipinski definition) is 0. The molecule has 0 amide bonds. The molecule has 0 N–H and O–H groups in total. The highest BCUT2D eigenvalue weighted by atomic mass is 19.4. The summed E-state index contributed by atoms with van der Waals surface area (Å²) in [5.41, 5.74) is 4.89. The fourth-order valence-electron chi connectivity index (χ4n) is 3.79. The molecule has 31 heavy (non-hydrogen) atoms. The summed E-state index contributed by atoms with van der Waals surface area (Å²) in [7, 11) is 0. The van der Waals surface area contributed by atoms with Crippen LogP contribution < -0.4 is 0 Å². The summed E-state index contributed by atoms with van der Waals surface area (Å²) >= 11 is 0. The molecule has 0 nitrogen and oxygen atoms in total. The smallest absolute Gasteiger partial charge is 0.166 e. The van der Waals surface area contributed by atoms with Crippen LogP contribution in [0.2, 0.25) is 0 Å². The molecule has 3 aromatic rings. The molecule has 3 heteroatoms. The van der Waals surface area contributed by atoms with Gasteiger partial charge in [-0.1, -0.05) is 102 Å². The molecule has 164 valence electrons. The standard InChI is InChI=1S/C28H31F3/c1-26(2,3)22-13-7-19(8-14-22)25(20-9-15-23(16-10-20)27(4,5)6)21-11-17-24(18-12-21)28(29,30)31/h7-18,25H,1-6H3. The molecule has 0 spiro atoms. The van der Waals surface area contributed by atoms with Crippen molar-refractivity contribution in [3.05, 3.63) is 106 Å². The van der Waals surface area contributed by atoms with Gasteiger partial charge in [0.05, 0.1) is 5.56 Å². The Balaban J connectivity index is 2.08. The van der Waals surface area contributed by atoms with E-state index in [4.69, 9.17) is 0 Å². The Morgan fingerprint density at radius 2 is 0.710 bits per heavy atom. The number of benzene rings is 3. The third kappa shape index (κ3) is 5.39. The largest absolute Gasteiger partial charge is 0.416 e. The van der Waals surface area contributed by atoms with Gasteiger partial charge in [-0.15, -0.1) is 0 Å². The van der Waals surface area contributed by atoms with E-state index in [0.717, 1.165) is 16.7 Å². The summed E-state index contributed by atoms with van der Waals surface area (Å²) in [5, 5.41) is 0. The van der Waals surface area contributed by atoms with E-state index in [1.807, 2.05) is 0 Å². The maximum absolute atomic E-state index is 13.1. The Morgan fingerprint density at radius 1 is 0.452 bits per heavy atom. The van der Waals surface area contributed by atoms with Gasteiger partial charge < -0.3 is 0 Å². The number of alkyl halides is 3. The topological polar surface area (TPSA) is 0 Å². The van der Waals surface area contributed by atoms with E-state index in [9.17, 15) is 13.2 Å². The van der Waals surface area contributed by atoms with E-state index >= 15 is 0 Å². The minimum atomic E-state index is -4.34. The highest BCUT2D eigenvalue weighted by Gasteiger charge is 2.30. The molecule has 0 aliphatic rings. The third-order valence-corrected chi connectivity index (χ3v) is 5.79. The van der Waals surface area contributed by atoms with E-state index in [1.165, 1.54) is 23.3 Å². The van der Waals surface area contributed by atoms with Crippen LogP contribution in [0.15, 0.2) is 72.8 Å². The Kier molecular flexibility index (Phi) is 6.10. The molecule has 3 rings (SSSR count). The van der Waals surface area contributed by atoms with Gasteiger partial charge in [-0.25, -0.2) is 0 Å². The zero-order valence-corrected chi connectivity index (χ0v) is 19.1. The monoisotopic (exact) mass is 424 g/mol. The SMILES string of the molecule is CC(C)(C)c1ccc(C(c2ccc(C(C)(C)C)cc2)c2ccc(C(F)(F)F)cc2)cc1. The highest BCUT2D eigenvalue weighted by molar-refractivity contribution is 5.46. The zero-order valence-electron chi connectivity index (χ0n) is 19.1. The molecule has 0 radical (unpaired) electrons. The van der Waals surface area contributed by atoms with Gasteiger partial charge in [0, 0.05) is 5.92 Å². The highest BCUT2D eigenvalue weighted by Crippen LogP contribution is 2.36. The van der Waals surface area contributed by atoms with E-state index < -0.39 is 11.7 Å². The Hall–Kier alpha value is -2.55. The second kappa shape index (κ2) is 8.18. The normalized spacial score (nSPS) is 13.0. The Bertz CT molecular complexity index is 858. The molecule has 0 fully saturated rings. The zero-order chi connectivity index (χ0) is 23.0. The first-order valence-corrected chi connectivity index (χ1v) is 10.6. The molecule has 0 aliphatic carbocycles. The molecule has 0 saturated carbocycles. The molecule has 0 unspecified atom stereocenters. The maximum Gasteiger partial charge on any atom is 0.416 e. The first-order chi connectivity index (χ1) is 14.3. The van der Waals surface area contributed by atoms with Crippen LogP contribution in [0.1, 0.15) is 80.8 Å². The fourth-order valence-corrected chi connectivity index (χ4v) is 3.79. The fraction of sp³-hybridized carbons (Fsp3) is 0.357. The van der Waals surface area contributed by atoms with Crippen LogP contribution in [-0.4, -0.2) is 0 Å². The van der Waals surface area contributed by atoms with Crippen molar-refractivity contribution >= 4 is 0 Å². The third-order valence-electron chi connectivity index (χ3n) is 5.79. The van der Waals surface area contributed by atoms with Gasteiger partial charge in [0.2, 0.25) is 0 Å². The summed E-state index contributed by atoms with van der Waals surface area (Å²) < 4.78 is 39.2. The van der Waals surface area contributed by atoms with Gasteiger partial charge in [0.15, 0.2) is 0 Å². The molecular formula is C28H31F3. The number of hydrogen-bond acceptors (Lipinski definition) is 0. The van der Waals surface area contributed by atoms with E-state index in [2.05, 4.69) is 90.1 Å². The Morgan fingerprint density at radius 3 is 0.935 bits per heavy atom.